The second kappa shape index (κ2) is 12.9. The third-order valence-electron chi connectivity index (χ3n) is 14.1. The second-order valence-corrected chi connectivity index (χ2v) is 17.6. The number of anilines is 3. The van der Waals surface area contributed by atoms with Gasteiger partial charge in [-0.1, -0.05) is 190 Å². The third kappa shape index (κ3) is 4.69. The summed E-state index contributed by atoms with van der Waals surface area (Å²) in [7, 11) is 0. The Labute approximate surface area is 362 Å². The predicted octanol–water partition coefficient (Wildman–Crippen LogP) is 15.7. The van der Waals surface area contributed by atoms with Gasteiger partial charge in [-0.05, 0) is 114 Å². The maximum absolute atomic E-state index is 7.24. The maximum Gasteiger partial charge on any atom is 0.159 e. The molecule has 2 heteroatoms. The molecule has 13 rings (SSSR count). The van der Waals surface area contributed by atoms with Gasteiger partial charge in [0.1, 0.15) is 5.75 Å². The topological polar surface area (TPSA) is 12.5 Å². The van der Waals surface area contributed by atoms with Crippen molar-refractivity contribution in [3.8, 4) is 56.0 Å². The lowest BCUT2D eigenvalue weighted by Crippen LogP contribution is -2.30. The second-order valence-electron chi connectivity index (χ2n) is 17.6. The molecule has 1 heterocycles. The summed E-state index contributed by atoms with van der Waals surface area (Å²) in [5.41, 5.74) is 22.3. The normalized spacial score (nSPS) is 14.6. The van der Waals surface area contributed by atoms with Crippen molar-refractivity contribution in [1.82, 2.24) is 0 Å². The number of hydrogen-bond donors (Lipinski definition) is 0. The van der Waals surface area contributed by atoms with Crippen LogP contribution in [0.15, 0.2) is 200 Å². The Hall–Kier alpha value is -7.68. The van der Waals surface area contributed by atoms with Gasteiger partial charge >= 0.3 is 0 Å². The third-order valence-corrected chi connectivity index (χ3v) is 14.1. The number of ether oxygens (including phenoxy) is 1. The Morgan fingerprint density at radius 1 is 0.355 bits per heavy atom. The van der Waals surface area contributed by atoms with Crippen LogP contribution in [0.5, 0.6) is 11.5 Å². The molecule has 1 aliphatic heterocycles. The van der Waals surface area contributed by atoms with Gasteiger partial charge in [-0.15, -0.1) is 0 Å². The summed E-state index contributed by atoms with van der Waals surface area (Å²) in [4.78, 5) is 2.46. The highest BCUT2D eigenvalue weighted by Gasteiger charge is 2.49. The van der Waals surface area contributed by atoms with Gasteiger partial charge in [0.05, 0.1) is 11.1 Å². The van der Waals surface area contributed by atoms with E-state index < -0.39 is 5.41 Å². The van der Waals surface area contributed by atoms with Crippen molar-refractivity contribution in [3.05, 3.63) is 245 Å². The highest BCUT2D eigenvalue weighted by Crippen LogP contribution is 2.61. The molecule has 62 heavy (non-hydrogen) atoms. The number of para-hydroxylation sites is 2. The van der Waals surface area contributed by atoms with Gasteiger partial charge in [0.25, 0.3) is 0 Å². The van der Waals surface area contributed by atoms with Gasteiger partial charge in [-0.2, -0.15) is 0 Å². The quantitative estimate of drug-likeness (QED) is 0.177. The zero-order valence-electron chi connectivity index (χ0n) is 34.6. The lowest BCUT2D eigenvalue weighted by atomic mass is 9.66. The molecule has 9 aromatic rings. The van der Waals surface area contributed by atoms with Crippen LogP contribution in [0.1, 0.15) is 58.4 Å². The van der Waals surface area contributed by atoms with E-state index in [-0.39, 0.29) is 5.41 Å². The zero-order chi connectivity index (χ0) is 41.2. The van der Waals surface area contributed by atoms with Gasteiger partial charge in [0, 0.05) is 27.9 Å². The Kier molecular flexibility index (Phi) is 7.31. The first-order valence-electron chi connectivity index (χ1n) is 21.7. The Morgan fingerprint density at radius 3 is 1.50 bits per heavy atom. The summed E-state index contributed by atoms with van der Waals surface area (Å²) in [5, 5.41) is 0. The van der Waals surface area contributed by atoms with Crippen molar-refractivity contribution in [2.45, 2.75) is 24.7 Å². The van der Waals surface area contributed by atoms with Crippen LogP contribution >= 0.6 is 0 Å². The van der Waals surface area contributed by atoms with Gasteiger partial charge in [-0.25, -0.2) is 0 Å². The van der Waals surface area contributed by atoms with E-state index in [1.165, 1.54) is 72.3 Å². The summed E-state index contributed by atoms with van der Waals surface area (Å²) in [6.45, 7) is 4.73. The van der Waals surface area contributed by atoms with Crippen molar-refractivity contribution < 1.29 is 4.74 Å². The molecular formula is C60H41NO. The van der Waals surface area contributed by atoms with Crippen molar-refractivity contribution >= 4 is 29.2 Å². The smallest absolute Gasteiger partial charge is 0.159 e. The van der Waals surface area contributed by atoms with Crippen LogP contribution in [0, 0.1) is 0 Å². The molecule has 0 fully saturated rings. The fourth-order valence-corrected chi connectivity index (χ4v) is 11.4. The average molecular weight is 792 g/mol. The van der Waals surface area contributed by atoms with Crippen molar-refractivity contribution in [3.63, 3.8) is 0 Å². The van der Waals surface area contributed by atoms with Crippen LogP contribution in [-0.4, -0.2) is 0 Å². The van der Waals surface area contributed by atoms with Crippen LogP contribution in [-0.2, 0) is 10.8 Å². The molecule has 0 aromatic heterocycles. The lowest BCUT2D eigenvalue weighted by Gasteiger charge is -2.36. The molecule has 0 unspecified atom stereocenters. The van der Waals surface area contributed by atoms with Crippen LogP contribution in [0.2, 0.25) is 0 Å². The molecule has 292 valence electrons. The van der Waals surface area contributed by atoms with Crippen molar-refractivity contribution in [2.24, 2.45) is 0 Å². The van der Waals surface area contributed by atoms with Crippen LogP contribution in [0.4, 0.5) is 17.1 Å². The number of rotatable bonds is 3. The molecule has 4 aliphatic rings. The molecule has 1 spiro atoms. The number of nitrogens with zero attached hydrogens (tertiary/aromatic N) is 1. The molecule has 0 atom stereocenters. The summed E-state index contributed by atoms with van der Waals surface area (Å²) in [6.07, 6.45) is 4.60. The first kappa shape index (κ1) is 35.1. The van der Waals surface area contributed by atoms with E-state index >= 15 is 0 Å². The summed E-state index contributed by atoms with van der Waals surface area (Å²) in [5.74, 6) is 1.68. The predicted molar refractivity (Wildman–Crippen MR) is 256 cm³/mol. The highest BCUT2D eigenvalue weighted by molar-refractivity contribution is 5.98. The average Bonchev–Trinajstić information content (AvgIpc) is 3.59. The summed E-state index contributed by atoms with van der Waals surface area (Å²) < 4.78 is 7.24. The minimum atomic E-state index is -0.562. The van der Waals surface area contributed by atoms with E-state index in [0.717, 1.165) is 45.3 Å². The molecule has 0 bridgehead atoms. The summed E-state index contributed by atoms with van der Waals surface area (Å²) >= 11 is 0. The lowest BCUT2D eigenvalue weighted by molar-refractivity contribution is 0.489. The van der Waals surface area contributed by atoms with E-state index in [0.29, 0.717) is 0 Å². The SMILES string of the molecule is CC1(C)c2ccccc2-c2ccc(N(c3ccc4c(c3)C3(c5ccccc5C=Cc5ccccc53)c3ccccc3-4)c3cccc4c3Oc3ccccc3-c3ccccc3-4)cc21. The highest BCUT2D eigenvalue weighted by atomic mass is 16.5. The standard InChI is InChI=1S/C60H41NO/c1-59(2)52-26-12-7-20-44(52)46-34-32-40(36-54(46)59)61(56-28-15-23-49-43-19-6-5-18-42(43)48-22-9-14-29-57(48)62-58(49)56)41-33-35-47-45-21-8-13-27-53(45)60(55(47)37-41)50-24-10-3-16-38(50)30-31-39-17-4-11-25-51(39)60/h3-37H,1-2H3. The number of fused-ring (bicyclic) bond motifs is 17. The summed E-state index contributed by atoms with van der Waals surface area (Å²) in [6, 6.07) is 74.0. The minimum Gasteiger partial charge on any atom is -0.454 e. The fourth-order valence-electron chi connectivity index (χ4n) is 11.4. The van der Waals surface area contributed by atoms with E-state index in [2.05, 4.69) is 231 Å². The van der Waals surface area contributed by atoms with E-state index in [4.69, 9.17) is 4.74 Å². The van der Waals surface area contributed by atoms with Gasteiger partial charge in [0.15, 0.2) is 5.75 Å². The van der Waals surface area contributed by atoms with Crippen LogP contribution in [0.25, 0.3) is 56.7 Å². The Bertz CT molecular complexity index is 3330. The first-order chi connectivity index (χ1) is 30.5. The maximum atomic E-state index is 7.24. The fraction of sp³-hybridized carbons (Fsp3) is 0.0667. The van der Waals surface area contributed by atoms with E-state index in [1.54, 1.807) is 0 Å². The molecule has 0 N–H and O–H groups in total. The van der Waals surface area contributed by atoms with Gasteiger partial charge < -0.3 is 9.64 Å². The zero-order valence-corrected chi connectivity index (χ0v) is 34.6. The number of hydrogen-bond acceptors (Lipinski definition) is 2. The van der Waals surface area contributed by atoms with E-state index in [1.807, 2.05) is 0 Å². The molecule has 0 amide bonds. The molecule has 3 aliphatic carbocycles. The molecule has 9 aromatic carbocycles. The largest absolute Gasteiger partial charge is 0.454 e. The van der Waals surface area contributed by atoms with Gasteiger partial charge in [0.2, 0.25) is 0 Å². The van der Waals surface area contributed by atoms with Crippen LogP contribution in [0.3, 0.4) is 0 Å². The van der Waals surface area contributed by atoms with Gasteiger partial charge in [-0.3, -0.25) is 0 Å². The first-order valence-corrected chi connectivity index (χ1v) is 21.7. The van der Waals surface area contributed by atoms with Crippen molar-refractivity contribution in [2.75, 3.05) is 4.90 Å². The molecule has 0 radical (unpaired) electrons. The van der Waals surface area contributed by atoms with E-state index in [9.17, 15) is 0 Å². The van der Waals surface area contributed by atoms with Crippen molar-refractivity contribution in [1.29, 1.82) is 0 Å². The Morgan fingerprint density at radius 2 is 0.823 bits per heavy atom. The molecule has 0 saturated carbocycles. The Balaban J connectivity index is 1.11. The molecule has 2 nitrogen and oxygen atoms in total. The van der Waals surface area contributed by atoms with Crippen LogP contribution < -0.4 is 9.64 Å². The monoisotopic (exact) mass is 791 g/mol. The number of benzene rings is 9. The minimum absolute atomic E-state index is 0.181. The molecule has 0 saturated heterocycles. The molecular weight excluding hydrogens is 751 g/mol.